The molecular formula is C22H45NO2. The average molecular weight is 356 g/mol. The number of rotatable bonds is 21. The quantitative estimate of drug-likeness (QED) is 0.225. The molecule has 0 unspecified atom stereocenters. The second-order valence-corrected chi connectivity index (χ2v) is 7.55. The van der Waals surface area contributed by atoms with Crippen LogP contribution in [0.2, 0.25) is 0 Å². The Morgan fingerprint density at radius 3 is 1.32 bits per heavy atom. The van der Waals surface area contributed by atoms with E-state index in [9.17, 15) is 4.79 Å². The predicted molar refractivity (Wildman–Crippen MR) is 109 cm³/mol. The molecule has 0 atom stereocenters. The summed E-state index contributed by atoms with van der Waals surface area (Å²) >= 11 is 0. The molecule has 0 aromatic carbocycles. The summed E-state index contributed by atoms with van der Waals surface area (Å²) < 4.78 is 0. The summed E-state index contributed by atoms with van der Waals surface area (Å²) in [5, 5.41) is 11.7. The third kappa shape index (κ3) is 23.4. The maximum atomic E-state index is 10.4. The fraction of sp³-hybridized carbons (Fsp3) is 0.955. The van der Waals surface area contributed by atoms with Gasteiger partial charge in [0.2, 0.25) is 0 Å². The Morgan fingerprint density at radius 2 is 0.960 bits per heavy atom. The molecule has 3 heteroatoms. The van der Waals surface area contributed by atoms with Gasteiger partial charge in [0.15, 0.2) is 0 Å². The van der Waals surface area contributed by atoms with Crippen LogP contribution in [0.5, 0.6) is 0 Å². The van der Waals surface area contributed by atoms with Crippen molar-refractivity contribution in [1.82, 2.24) is 5.32 Å². The van der Waals surface area contributed by atoms with E-state index in [1.807, 2.05) is 0 Å². The van der Waals surface area contributed by atoms with E-state index in [-0.39, 0.29) is 6.42 Å². The minimum atomic E-state index is -0.713. The standard InChI is InChI=1S/C22H45NO2/c1-2-3-4-5-6-7-8-9-10-11-12-13-14-15-16-17-18-20-23-21-19-22(24)25/h23H,2-21H2,1H3,(H,24,25). The topological polar surface area (TPSA) is 49.3 Å². The number of hydrogen-bond acceptors (Lipinski definition) is 2. The van der Waals surface area contributed by atoms with E-state index in [1.54, 1.807) is 0 Å². The lowest BCUT2D eigenvalue weighted by Crippen LogP contribution is -2.19. The van der Waals surface area contributed by atoms with Gasteiger partial charge in [-0.25, -0.2) is 0 Å². The third-order valence-corrected chi connectivity index (χ3v) is 4.97. The van der Waals surface area contributed by atoms with E-state index < -0.39 is 5.97 Å². The van der Waals surface area contributed by atoms with Crippen molar-refractivity contribution < 1.29 is 9.90 Å². The molecule has 25 heavy (non-hydrogen) atoms. The molecule has 0 aliphatic rings. The lowest BCUT2D eigenvalue weighted by Gasteiger charge is -2.04. The van der Waals surface area contributed by atoms with Crippen LogP contribution in [0, 0.1) is 0 Å². The molecule has 0 aliphatic heterocycles. The van der Waals surface area contributed by atoms with Crippen molar-refractivity contribution in [2.24, 2.45) is 0 Å². The van der Waals surface area contributed by atoms with Gasteiger partial charge in [0.1, 0.15) is 0 Å². The van der Waals surface area contributed by atoms with Crippen LogP contribution in [0.4, 0.5) is 0 Å². The first-order valence-corrected chi connectivity index (χ1v) is 11.2. The summed E-state index contributed by atoms with van der Waals surface area (Å²) in [5.41, 5.74) is 0. The van der Waals surface area contributed by atoms with Crippen LogP contribution in [-0.2, 0) is 4.79 Å². The molecule has 0 bridgehead atoms. The van der Waals surface area contributed by atoms with E-state index in [4.69, 9.17) is 5.11 Å². The summed E-state index contributed by atoms with van der Waals surface area (Å²) in [4.78, 5) is 10.4. The predicted octanol–water partition coefficient (Wildman–Crippen LogP) is 6.70. The molecule has 0 aliphatic carbocycles. The average Bonchev–Trinajstić information content (AvgIpc) is 2.60. The van der Waals surface area contributed by atoms with Gasteiger partial charge in [-0.05, 0) is 13.0 Å². The Morgan fingerprint density at radius 1 is 0.600 bits per heavy atom. The number of carbonyl (C=O) groups is 1. The first kappa shape index (κ1) is 24.4. The Hall–Kier alpha value is -0.570. The highest BCUT2D eigenvalue weighted by molar-refractivity contribution is 5.66. The second kappa shape index (κ2) is 21.5. The van der Waals surface area contributed by atoms with Gasteiger partial charge < -0.3 is 10.4 Å². The van der Waals surface area contributed by atoms with Gasteiger partial charge in [-0.15, -0.1) is 0 Å². The Labute approximate surface area is 157 Å². The van der Waals surface area contributed by atoms with Crippen molar-refractivity contribution in [3.63, 3.8) is 0 Å². The number of hydrogen-bond donors (Lipinski definition) is 2. The van der Waals surface area contributed by atoms with E-state index in [2.05, 4.69) is 12.2 Å². The normalized spacial score (nSPS) is 11.1. The Balaban J connectivity index is 2.97. The van der Waals surface area contributed by atoms with Crippen molar-refractivity contribution in [3.05, 3.63) is 0 Å². The molecule has 0 fully saturated rings. The molecule has 0 rings (SSSR count). The van der Waals surface area contributed by atoms with Crippen LogP contribution < -0.4 is 5.32 Å². The Kier molecular flexibility index (Phi) is 21.0. The molecule has 3 nitrogen and oxygen atoms in total. The summed E-state index contributed by atoms with van der Waals surface area (Å²) in [6.07, 6.45) is 24.0. The van der Waals surface area contributed by atoms with E-state index in [0.29, 0.717) is 6.54 Å². The number of carboxylic acids is 1. The summed E-state index contributed by atoms with van der Waals surface area (Å²) in [6.45, 7) is 3.85. The Bertz CT molecular complexity index is 269. The van der Waals surface area contributed by atoms with Crippen molar-refractivity contribution in [2.45, 2.75) is 122 Å². The molecule has 0 saturated heterocycles. The van der Waals surface area contributed by atoms with Crippen LogP contribution in [0.3, 0.4) is 0 Å². The van der Waals surface area contributed by atoms with Crippen molar-refractivity contribution in [1.29, 1.82) is 0 Å². The fourth-order valence-electron chi connectivity index (χ4n) is 3.30. The molecule has 2 N–H and O–H groups in total. The smallest absolute Gasteiger partial charge is 0.304 e. The maximum Gasteiger partial charge on any atom is 0.304 e. The number of nitrogens with one attached hydrogen (secondary N) is 1. The van der Waals surface area contributed by atoms with Gasteiger partial charge in [-0.1, -0.05) is 110 Å². The van der Waals surface area contributed by atoms with E-state index >= 15 is 0 Å². The number of unbranched alkanes of at least 4 members (excludes halogenated alkanes) is 16. The number of aliphatic carboxylic acids is 1. The van der Waals surface area contributed by atoms with Gasteiger partial charge >= 0.3 is 5.97 Å². The van der Waals surface area contributed by atoms with Crippen LogP contribution in [0.25, 0.3) is 0 Å². The summed E-state index contributed by atoms with van der Waals surface area (Å²) in [7, 11) is 0. The van der Waals surface area contributed by atoms with Gasteiger partial charge in [-0.2, -0.15) is 0 Å². The van der Waals surface area contributed by atoms with Gasteiger partial charge in [0.25, 0.3) is 0 Å². The monoisotopic (exact) mass is 355 g/mol. The van der Waals surface area contributed by atoms with E-state index in [1.165, 1.54) is 109 Å². The minimum absolute atomic E-state index is 0.235. The highest BCUT2D eigenvalue weighted by atomic mass is 16.4. The molecule has 0 heterocycles. The van der Waals surface area contributed by atoms with Crippen molar-refractivity contribution in [2.75, 3.05) is 13.1 Å². The third-order valence-electron chi connectivity index (χ3n) is 4.97. The first-order chi connectivity index (χ1) is 12.3. The van der Waals surface area contributed by atoms with Crippen LogP contribution in [0.1, 0.15) is 122 Å². The fourth-order valence-corrected chi connectivity index (χ4v) is 3.30. The molecular weight excluding hydrogens is 310 g/mol. The lowest BCUT2D eigenvalue weighted by molar-refractivity contribution is -0.136. The minimum Gasteiger partial charge on any atom is -0.481 e. The SMILES string of the molecule is CCCCCCCCCCCCCCCCCCCNCCC(=O)O. The molecule has 0 aromatic rings. The zero-order chi connectivity index (χ0) is 18.4. The summed E-state index contributed by atoms with van der Waals surface area (Å²) in [6, 6.07) is 0. The number of carboxylic acid groups (broad SMARTS) is 1. The zero-order valence-corrected chi connectivity index (χ0v) is 17.0. The van der Waals surface area contributed by atoms with Gasteiger partial charge in [-0.3, -0.25) is 4.79 Å². The molecule has 0 spiro atoms. The van der Waals surface area contributed by atoms with E-state index in [0.717, 1.165) is 6.54 Å². The molecule has 0 radical (unpaired) electrons. The highest BCUT2D eigenvalue weighted by Gasteiger charge is 1.96. The maximum absolute atomic E-state index is 10.4. The lowest BCUT2D eigenvalue weighted by atomic mass is 10.0. The highest BCUT2D eigenvalue weighted by Crippen LogP contribution is 2.13. The largest absolute Gasteiger partial charge is 0.481 e. The van der Waals surface area contributed by atoms with Gasteiger partial charge in [0, 0.05) is 6.54 Å². The van der Waals surface area contributed by atoms with Crippen LogP contribution in [0.15, 0.2) is 0 Å². The summed E-state index contributed by atoms with van der Waals surface area (Å²) in [5.74, 6) is -0.713. The van der Waals surface area contributed by atoms with Gasteiger partial charge in [0.05, 0.1) is 6.42 Å². The molecule has 150 valence electrons. The van der Waals surface area contributed by atoms with Crippen LogP contribution >= 0.6 is 0 Å². The molecule has 0 saturated carbocycles. The molecule has 0 amide bonds. The van der Waals surface area contributed by atoms with Crippen molar-refractivity contribution in [3.8, 4) is 0 Å². The van der Waals surface area contributed by atoms with Crippen molar-refractivity contribution >= 4 is 5.97 Å². The first-order valence-electron chi connectivity index (χ1n) is 11.2. The second-order valence-electron chi connectivity index (χ2n) is 7.55. The molecule has 0 aromatic heterocycles. The zero-order valence-electron chi connectivity index (χ0n) is 17.0. The van der Waals surface area contributed by atoms with Crippen LogP contribution in [-0.4, -0.2) is 24.2 Å².